The molecule has 0 bridgehead atoms. The lowest BCUT2D eigenvalue weighted by atomic mass is 9.92. The van der Waals surface area contributed by atoms with Gasteiger partial charge in [0.2, 0.25) is 0 Å². The molecule has 2 rings (SSSR count). The Morgan fingerprint density at radius 2 is 2.26 bits per heavy atom. The molecule has 0 saturated carbocycles. The molecule has 1 N–H and O–H groups in total. The monoisotopic (exact) mass is 261 g/mol. The molecule has 1 heterocycles. The van der Waals surface area contributed by atoms with Crippen molar-refractivity contribution in [1.29, 1.82) is 0 Å². The smallest absolute Gasteiger partial charge is 0.166 e. The van der Waals surface area contributed by atoms with E-state index in [1.54, 1.807) is 0 Å². The van der Waals surface area contributed by atoms with Gasteiger partial charge in [0.1, 0.15) is 5.75 Å². The lowest BCUT2D eigenvalue weighted by molar-refractivity contribution is 0.0950. The van der Waals surface area contributed by atoms with Crippen LogP contribution in [-0.2, 0) is 0 Å². The SMILES string of the molecule is CCCOc1ccccc1C(=O)CC1CCCNC1. The van der Waals surface area contributed by atoms with Crippen LogP contribution in [-0.4, -0.2) is 25.5 Å². The maximum absolute atomic E-state index is 12.4. The summed E-state index contributed by atoms with van der Waals surface area (Å²) in [6, 6.07) is 7.60. The topological polar surface area (TPSA) is 38.3 Å². The van der Waals surface area contributed by atoms with Gasteiger partial charge in [0, 0.05) is 6.42 Å². The van der Waals surface area contributed by atoms with Crippen LogP contribution in [0.4, 0.5) is 0 Å². The van der Waals surface area contributed by atoms with Gasteiger partial charge in [0.15, 0.2) is 5.78 Å². The average Bonchev–Trinajstić information content (AvgIpc) is 2.46. The van der Waals surface area contributed by atoms with Crippen LogP contribution in [0.1, 0.15) is 43.0 Å². The van der Waals surface area contributed by atoms with E-state index in [2.05, 4.69) is 12.2 Å². The molecule has 0 amide bonds. The molecule has 3 nitrogen and oxygen atoms in total. The Labute approximate surface area is 115 Å². The van der Waals surface area contributed by atoms with Gasteiger partial charge >= 0.3 is 0 Å². The van der Waals surface area contributed by atoms with E-state index < -0.39 is 0 Å². The molecule has 1 aromatic carbocycles. The summed E-state index contributed by atoms with van der Waals surface area (Å²) in [6.07, 6.45) is 3.90. The lowest BCUT2D eigenvalue weighted by Gasteiger charge is -2.22. The Hall–Kier alpha value is -1.35. The molecule has 1 aromatic rings. The molecule has 0 spiro atoms. The fraction of sp³-hybridized carbons (Fsp3) is 0.562. The third kappa shape index (κ3) is 4.06. The van der Waals surface area contributed by atoms with Crippen molar-refractivity contribution in [3.63, 3.8) is 0 Å². The number of Topliss-reactive ketones (excluding diaryl/α,β-unsaturated/α-hetero) is 1. The molecule has 1 saturated heterocycles. The number of carbonyl (C=O) groups excluding carboxylic acids is 1. The first-order valence-electron chi connectivity index (χ1n) is 7.27. The number of para-hydroxylation sites is 1. The van der Waals surface area contributed by atoms with Crippen LogP contribution >= 0.6 is 0 Å². The van der Waals surface area contributed by atoms with E-state index in [9.17, 15) is 4.79 Å². The first-order chi connectivity index (χ1) is 9.31. The zero-order valence-corrected chi connectivity index (χ0v) is 11.7. The van der Waals surface area contributed by atoms with Gasteiger partial charge in [0.25, 0.3) is 0 Å². The maximum Gasteiger partial charge on any atom is 0.166 e. The highest BCUT2D eigenvalue weighted by Crippen LogP contribution is 2.23. The summed E-state index contributed by atoms with van der Waals surface area (Å²) in [6.45, 7) is 4.78. The van der Waals surface area contributed by atoms with Crippen LogP contribution in [0.15, 0.2) is 24.3 Å². The summed E-state index contributed by atoms with van der Waals surface area (Å²) in [5.41, 5.74) is 0.738. The Balaban J connectivity index is 2.00. The van der Waals surface area contributed by atoms with Crippen LogP contribution in [0.2, 0.25) is 0 Å². The number of nitrogens with one attached hydrogen (secondary N) is 1. The minimum atomic E-state index is 0.209. The summed E-state index contributed by atoms with van der Waals surface area (Å²) in [7, 11) is 0. The summed E-state index contributed by atoms with van der Waals surface area (Å²) in [5, 5.41) is 3.36. The predicted molar refractivity (Wildman–Crippen MR) is 76.8 cm³/mol. The highest BCUT2D eigenvalue weighted by atomic mass is 16.5. The minimum Gasteiger partial charge on any atom is -0.493 e. The van der Waals surface area contributed by atoms with Crippen LogP contribution in [0.25, 0.3) is 0 Å². The normalized spacial score (nSPS) is 19.1. The Bertz CT molecular complexity index is 411. The van der Waals surface area contributed by atoms with E-state index in [4.69, 9.17) is 4.74 Å². The third-order valence-corrected chi connectivity index (χ3v) is 3.52. The van der Waals surface area contributed by atoms with Crippen LogP contribution in [0.3, 0.4) is 0 Å². The number of hydrogen-bond donors (Lipinski definition) is 1. The molecule has 1 aliphatic heterocycles. The molecule has 1 unspecified atom stereocenters. The van der Waals surface area contributed by atoms with Crippen molar-refractivity contribution in [3.8, 4) is 5.75 Å². The highest BCUT2D eigenvalue weighted by Gasteiger charge is 2.19. The van der Waals surface area contributed by atoms with Crippen molar-refractivity contribution in [2.75, 3.05) is 19.7 Å². The largest absolute Gasteiger partial charge is 0.493 e. The average molecular weight is 261 g/mol. The van der Waals surface area contributed by atoms with Crippen LogP contribution in [0, 0.1) is 5.92 Å². The number of ether oxygens (including phenoxy) is 1. The number of benzene rings is 1. The van der Waals surface area contributed by atoms with E-state index in [0.29, 0.717) is 18.9 Å². The van der Waals surface area contributed by atoms with Gasteiger partial charge in [-0.25, -0.2) is 0 Å². The first-order valence-corrected chi connectivity index (χ1v) is 7.27. The van der Waals surface area contributed by atoms with Gasteiger partial charge in [-0.05, 0) is 50.4 Å². The number of carbonyl (C=O) groups is 1. The molecule has 1 fully saturated rings. The van der Waals surface area contributed by atoms with Gasteiger partial charge in [-0.15, -0.1) is 0 Å². The van der Waals surface area contributed by atoms with E-state index in [0.717, 1.165) is 37.2 Å². The van der Waals surface area contributed by atoms with E-state index >= 15 is 0 Å². The van der Waals surface area contributed by atoms with Crippen molar-refractivity contribution in [3.05, 3.63) is 29.8 Å². The summed E-state index contributed by atoms with van der Waals surface area (Å²) in [5.74, 6) is 1.42. The number of rotatable bonds is 6. The second-order valence-electron chi connectivity index (χ2n) is 5.18. The van der Waals surface area contributed by atoms with E-state index in [1.165, 1.54) is 6.42 Å². The van der Waals surface area contributed by atoms with Gasteiger partial charge in [-0.3, -0.25) is 4.79 Å². The molecule has 0 aliphatic carbocycles. The molecule has 104 valence electrons. The summed E-state index contributed by atoms with van der Waals surface area (Å²) >= 11 is 0. The maximum atomic E-state index is 12.4. The second-order valence-corrected chi connectivity index (χ2v) is 5.18. The standard InChI is InChI=1S/C16H23NO2/c1-2-10-19-16-8-4-3-7-14(16)15(18)11-13-6-5-9-17-12-13/h3-4,7-8,13,17H,2,5-6,9-12H2,1H3. The Morgan fingerprint density at radius 3 is 3.00 bits per heavy atom. The van der Waals surface area contributed by atoms with Gasteiger partial charge in [-0.1, -0.05) is 19.1 Å². The number of ketones is 1. The lowest BCUT2D eigenvalue weighted by Crippen LogP contribution is -2.31. The zero-order chi connectivity index (χ0) is 13.5. The van der Waals surface area contributed by atoms with Crippen molar-refractivity contribution < 1.29 is 9.53 Å². The molecule has 0 aromatic heterocycles. The van der Waals surface area contributed by atoms with Crippen molar-refractivity contribution in [2.24, 2.45) is 5.92 Å². The van der Waals surface area contributed by atoms with Crippen molar-refractivity contribution in [2.45, 2.75) is 32.6 Å². The Kier molecular flexibility index (Phi) is 5.40. The molecule has 1 atom stereocenters. The van der Waals surface area contributed by atoms with Gasteiger partial charge < -0.3 is 10.1 Å². The third-order valence-electron chi connectivity index (χ3n) is 3.52. The zero-order valence-electron chi connectivity index (χ0n) is 11.7. The molecule has 1 aliphatic rings. The molecule has 3 heteroatoms. The van der Waals surface area contributed by atoms with Crippen molar-refractivity contribution in [1.82, 2.24) is 5.32 Å². The highest BCUT2D eigenvalue weighted by molar-refractivity contribution is 5.98. The van der Waals surface area contributed by atoms with Gasteiger partial charge in [-0.2, -0.15) is 0 Å². The Morgan fingerprint density at radius 1 is 1.42 bits per heavy atom. The number of piperidine rings is 1. The minimum absolute atomic E-state index is 0.209. The van der Waals surface area contributed by atoms with Gasteiger partial charge in [0.05, 0.1) is 12.2 Å². The van der Waals surface area contributed by atoms with Crippen LogP contribution in [0.5, 0.6) is 5.75 Å². The van der Waals surface area contributed by atoms with E-state index in [1.807, 2.05) is 24.3 Å². The van der Waals surface area contributed by atoms with Crippen LogP contribution < -0.4 is 10.1 Å². The molecular formula is C16H23NO2. The molecular weight excluding hydrogens is 238 g/mol. The van der Waals surface area contributed by atoms with E-state index in [-0.39, 0.29) is 5.78 Å². The fourth-order valence-corrected chi connectivity index (χ4v) is 2.51. The predicted octanol–water partition coefficient (Wildman–Crippen LogP) is 3.05. The summed E-state index contributed by atoms with van der Waals surface area (Å²) in [4.78, 5) is 12.4. The fourth-order valence-electron chi connectivity index (χ4n) is 2.51. The molecule has 0 radical (unpaired) electrons. The molecule has 19 heavy (non-hydrogen) atoms. The second kappa shape index (κ2) is 7.29. The quantitative estimate of drug-likeness (QED) is 0.800. The first kappa shape index (κ1) is 14.1. The summed E-state index contributed by atoms with van der Waals surface area (Å²) < 4.78 is 5.66. The number of hydrogen-bond acceptors (Lipinski definition) is 3. The van der Waals surface area contributed by atoms with Crippen molar-refractivity contribution >= 4 is 5.78 Å².